The average molecular weight is 260 g/mol. The number of hydrogen-bond donors (Lipinski definition) is 1. The zero-order valence-electron chi connectivity index (χ0n) is 8.18. The molecule has 1 aliphatic rings. The van der Waals surface area contributed by atoms with Gasteiger partial charge in [-0.05, 0) is 34.7 Å². The standard InChI is InChI=1S/C7H8N4O3S2/c1-11-9-8-10-15(11)6-2-4-7(5-3-6)16(12,13)14/h2-5H,1H3,(H,12,13,14). The third-order valence-corrected chi connectivity index (χ3v) is 4.23. The van der Waals surface area contributed by atoms with Crippen LogP contribution in [0, 0.1) is 0 Å². The van der Waals surface area contributed by atoms with Crippen LogP contribution >= 0.6 is 0 Å². The van der Waals surface area contributed by atoms with Crippen molar-refractivity contribution >= 4 is 21.0 Å². The molecule has 1 unspecified atom stereocenters. The lowest BCUT2D eigenvalue weighted by Gasteiger charge is -2.09. The first-order chi connectivity index (χ1) is 7.48. The van der Waals surface area contributed by atoms with E-state index >= 15 is 0 Å². The maximum atomic E-state index is 10.8. The van der Waals surface area contributed by atoms with Gasteiger partial charge in [0, 0.05) is 11.9 Å². The summed E-state index contributed by atoms with van der Waals surface area (Å²) >= 11 is 0. The third-order valence-electron chi connectivity index (χ3n) is 1.86. The third kappa shape index (κ3) is 2.10. The highest BCUT2D eigenvalue weighted by Crippen LogP contribution is 2.19. The molecule has 16 heavy (non-hydrogen) atoms. The minimum absolute atomic E-state index is 0.143. The predicted molar refractivity (Wildman–Crippen MR) is 56.9 cm³/mol. The highest BCUT2D eigenvalue weighted by atomic mass is 32.2. The van der Waals surface area contributed by atoms with Crippen LogP contribution in [0.2, 0.25) is 0 Å². The molecule has 1 N–H and O–H groups in total. The zero-order valence-corrected chi connectivity index (χ0v) is 9.81. The molecule has 7 nitrogen and oxygen atoms in total. The van der Waals surface area contributed by atoms with Crippen LogP contribution in [0.25, 0.3) is 0 Å². The predicted octanol–water partition coefficient (Wildman–Crippen LogP) is 1.24. The molecule has 2 rings (SSSR count). The van der Waals surface area contributed by atoms with Gasteiger partial charge < -0.3 is 0 Å². The Hall–Kier alpha value is -1.32. The topological polar surface area (TPSA) is 94.7 Å². The monoisotopic (exact) mass is 260 g/mol. The molecule has 0 amide bonds. The van der Waals surface area contributed by atoms with Gasteiger partial charge >= 0.3 is 0 Å². The van der Waals surface area contributed by atoms with Gasteiger partial charge in [0.05, 0.1) is 15.8 Å². The minimum atomic E-state index is -4.14. The van der Waals surface area contributed by atoms with Gasteiger partial charge in [-0.3, -0.25) is 4.55 Å². The fraction of sp³-hybridized carbons (Fsp3) is 0.143. The molecule has 0 fully saturated rings. The number of nitrogens with zero attached hydrogens (tertiary/aromatic N) is 4. The van der Waals surface area contributed by atoms with Crippen LogP contribution in [0.5, 0.6) is 0 Å². The molecule has 0 radical (unpaired) electrons. The van der Waals surface area contributed by atoms with Crippen LogP contribution in [0.4, 0.5) is 0 Å². The lowest BCUT2D eigenvalue weighted by atomic mass is 10.4. The normalized spacial score (nSPS) is 19.9. The Morgan fingerprint density at radius 3 is 2.38 bits per heavy atom. The molecule has 1 atom stereocenters. The Kier molecular flexibility index (Phi) is 2.74. The molecule has 0 spiro atoms. The quantitative estimate of drug-likeness (QED) is 0.809. The van der Waals surface area contributed by atoms with E-state index in [2.05, 4.69) is 14.9 Å². The van der Waals surface area contributed by atoms with E-state index in [1.807, 2.05) is 0 Å². The summed E-state index contributed by atoms with van der Waals surface area (Å²) in [6.45, 7) is 0. The maximum absolute atomic E-state index is 10.8. The molecule has 1 aromatic rings. The summed E-state index contributed by atoms with van der Waals surface area (Å²) in [4.78, 5) is 0.635. The van der Waals surface area contributed by atoms with Crippen molar-refractivity contribution in [3.63, 3.8) is 0 Å². The van der Waals surface area contributed by atoms with E-state index in [1.165, 1.54) is 12.1 Å². The molecular weight excluding hydrogens is 252 g/mol. The van der Waals surface area contributed by atoms with Gasteiger partial charge in [0.15, 0.2) is 0 Å². The Morgan fingerprint density at radius 2 is 1.94 bits per heavy atom. The Labute approximate surface area is 94.7 Å². The maximum Gasteiger partial charge on any atom is 0.294 e. The molecule has 1 heterocycles. The molecule has 0 aliphatic carbocycles. The second-order valence-corrected chi connectivity index (χ2v) is 6.05. The molecule has 1 aliphatic heterocycles. The molecule has 0 bridgehead atoms. The van der Waals surface area contributed by atoms with E-state index in [9.17, 15) is 8.42 Å². The highest BCUT2D eigenvalue weighted by Gasteiger charge is 2.14. The second kappa shape index (κ2) is 3.92. The Balaban J connectivity index is 2.34. The Morgan fingerprint density at radius 1 is 1.31 bits per heavy atom. The van der Waals surface area contributed by atoms with Gasteiger partial charge in [-0.1, -0.05) is 4.47 Å². The first-order valence-corrected chi connectivity index (χ1v) is 6.74. The molecule has 0 saturated heterocycles. The van der Waals surface area contributed by atoms with Crippen molar-refractivity contribution in [1.29, 1.82) is 0 Å². The van der Waals surface area contributed by atoms with Crippen LogP contribution in [-0.2, 0) is 21.0 Å². The van der Waals surface area contributed by atoms with Crippen molar-refractivity contribution in [2.75, 3.05) is 7.05 Å². The van der Waals surface area contributed by atoms with E-state index in [4.69, 9.17) is 4.55 Å². The smallest absolute Gasteiger partial charge is 0.282 e. The minimum Gasteiger partial charge on any atom is -0.282 e. The van der Waals surface area contributed by atoms with Gasteiger partial charge in [0.1, 0.15) is 0 Å². The van der Waals surface area contributed by atoms with Crippen molar-refractivity contribution in [1.82, 2.24) is 4.41 Å². The lowest BCUT2D eigenvalue weighted by molar-refractivity contribution is 0.483. The van der Waals surface area contributed by atoms with E-state index in [0.717, 1.165) is 4.90 Å². The summed E-state index contributed by atoms with van der Waals surface area (Å²) in [6, 6.07) is 5.78. The summed E-state index contributed by atoms with van der Waals surface area (Å²) in [5.41, 5.74) is 0. The van der Waals surface area contributed by atoms with E-state index in [-0.39, 0.29) is 4.90 Å². The van der Waals surface area contributed by atoms with Crippen molar-refractivity contribution in [3.8, 4) is 0 Å². The van der Waals surface area contributed by atoms with Crippen LogP contribution in [-0.4, -0.2) is 24.4 Å². The molecular formula is C7H8N4O3S2. The zero-order chi connectivity index (χ0) is 11.8. The summed E-state index contributed by atoms with van der Waals surface area (Å²) in [5.74, 6) is 0. The molecule has 86 valence electrons. The second-order valence-electron chi connectivity index (χ2n) is 2.94. The van der Waals surface area contributed by atoms with Gasteiger partial charge in [0.2, 0.25) is 0 Å². The fourth-order valence-electron chi connectivity index (χ4n) is 1.13. The average Bonchev–Trinajstić information content (AvgIpc) is 2.63. The summed E-state index contributed by atoms with van der Waals surface area (Å²) in [6.07, 6.45) is 0. The van der Waals surface area contributed by atoms with Gasteiger partial charge in [-0.2, -0.15) is 8.42 Å². The van der Waals surface area contributed by atoms with Gasteiger partial charge in [0.25, 0.3) is 10.1 Å². The van der Waals surface area contributed by atoms with Crippen molar-refractivity contribution < 1.29 is 13.0 Å². The number of hydrogen-bond acceptors (Lipinski definition) is 6. The largest absolute Gasteiger partial charge is 0.294 e. The van der Waals surface area contributed by atoms with E-state index in [1.54, 1.807) is 23.6 Å². The Bertz CT molecular complexity index is 564. The van der Waals surface area contributed by atoms with Crippen molar-refractivity contribution in [2.45, 2.75) is 9.79 Å². The van der Waals surface area contributed by atoms with Crippen molar-refractivity contribution in [3.05, 3.63) is 24.3 Å². The first kappa shape index (κ1) is 11.2. The van der Waals surface area contributed by atoms with Crippen LogP contribution in [0.15, 0.2) is 49.0 Å². The highest BCUT2D eigenvalue weighted by molar-refractivity contribution is 7.86. The number of rotatable bonds is 2. The first-order valence-electron chi connectivity index (χ1n) is 4.16. The van der Waals surface area contributed by atoms with Crippen LogP contribution in [0.1, 0.15) is 0 Å². The fourth-order valence-corrected chi connectivity index (χ4v) is 2.70. The van der Waals surface area contributed by atoms with E-state index in [0.29, 0.717) is 0 Å². The molecule has 9 heteroatoms. The van der Waals surface area contributed by atoms with E-state index < -0.39 is 21.0 Å². The molecule has 0 saturated carbocycles. The molecule has 0 aromatic heterocycles. The summed E-state index contributed by atoms with van der Waals surface area (Å²) in [7, 11) is -3.04. The van der Waals surface area contributed by atoms with Gasteiger partial charge in [-0.25, -0.2) is 4.41 Å². The van der Waals surface area contributed by atoms with Gasteiger partial charge in [-0.15, -0.1) is 0 Å². The lowest BCUT2D eigenvalue weighted by Crippen LogP contribution is -2.10. The van der Waals surface area contributed by atoms with Crippen LogP contribution in [0.3, 0.4) is 0 Å². The molecule has 1 aromatic carbocycles. The van der Waals surface area contributed by atoms with Crippen LogP contribution < -0.4 is 0 Å². The summed E-state index contributed by atoms with van der Waals surface area (Å²) in [5, 5.41) is 7.22. The SMILES string of the molecule is CN1N=NN=S1c1ccc(S(=O)(=O)O)cc1. The summed E-state index contributed by atoms with van der Waals surface area (Å²) < 4.78 is 35.9. The van der Waals surface area contributed by atoms with Crippen molar-refractivity contribution in [2.24, 2.45) is 14.9 Å². The number of benzene rings is 1.